The molecule has 0 aliphatic heterocycles. The number of hydrogen-bond acceptors (Lipinski definition) is 0. The van der Waals surface area contributed by atoms with Gasteiger partial charge in [-0.25, -0.2) is 0 Å². The number of rotatable bonds is 2. The van der Waals surface area contributed by atoms with Gasteiger partial charge in [0.2, 0.25) is 0 Å². The van der Waals surface area contributed by atoms with E-state index < -0.39 is 0 Å². The maximum atomic E-state index is 3.83. The van der Waals surface area contributed by atoms with Gasteiger partial charge in [-0.1, -0.05) is 92.5 Å². The summed E-state index contributed by atoms with van der Waals surface area (Å²) in [5.41, 5.74) is 2.88. The van der Waals surface area contributed by atoms with Crippen LogP contribution in [0.2, 0.25) is 0 Å². The van der Waals surface area contributed by atoms with Gasteiger partial charge in [0, 0.05) is 0 Å². The Kier molecular flexibility index (Phi) is 3.81. The molecule has 1 saturated carbocycles. The van der Waals surface area contributed by atoms with E-state index in [0.29, 0.717) is 11.8 Å². The molecule has 2 heteroatoms. The predicted molar refractivity (Wildman–Crippen MR) is 88.2 cm³/mol. The SMILES string of the molecule is BrC1(Br)C[C@H](c2ccccc2)[C@H](c2ccccc2)C1. The summed E-state index contributed by atoms with van der Waals surface area (Å²) in [7, 11) is 0. The molecule has 1 aliphatic rings. The summed E-state index contributed by atoms with van der Waals surface area (Å²) < 4.78 is 0.0705. The van der Waals surface area contributed by atoms with Crippen LogP contribution in [0.4, 0.5) is 0 Å². The van der Waals surface area contributed by atoms with Crippen molar-refractivity contribution in [3.05, 3.63) is 71.8 Å². The first-order valence-corrected chi connectivity index (χ1v) is 8.22. The summed E-state index contributed by atoms with van der Waals surface area (Å²) in [4.78, 5) is 0. The lowest BCUT2D eigenvalue weighted by Crippen LogP contribution is -2.04. The van der Waals surface area contributed by atoms with Gasteiger partial charge in [0.15, 0.2) is 0 Å². The monoisotopic (exact) mass is 378 g/mol. The Bertz CT molecular complexity index is 484. The second-order valence-electron chi connectivity index (χ2n) is 5.30. The van der Waals surface area contributed by atoms with Crippen molar-refractivity contribution < 1.29 is 0 Å². The molecule has 19 heavy (non-hydrogen) atoms. The van der Waals surface area contributed by atoms with Crippen LogP contribution in [0, 0.1) is 0 Å². The van der Waals surface area contributed by atoms with Crippen LogP contribution in [0.25, 0.3) is 0 Å². The molecule has 0 spiro atoms. The van der Waals surface area contributed by atoms with Crippen molar-refractivity contribution in [1.29, 1.82) is 0 Å². The van der Waals surface area contributed by atoms with E-state index in [2.05, 4.69) is 92.5 Å². The topological polar surface area (TPSA) is 0 Å². The molecule has 0 heterocycles. The zero-order chi connectivity index (χ0) is 13.3. The largest absolute Gasteiger partial charge is 0.0817 e. The van der Waals surface area contributed by atoms with Crippen LogP contribution in [-0.4, -0.2) is 3.23 Å². The fourth-order valence-electron chi connectivity index (χ4n) is 3.11. The molecule has 0 nitrogen and oxygen atoms in total. The van der Waals surface area contributed by atoms with Crippen LogP contribution in [0.3, 0.4) is 0 Å². The van der Waals surface area contributed by atoms with Gasteiger partial charge in [-0.2, -0.15) is 0 Å². The van der Waals surface area contributed by atoms with E-state index in [9.17, 15) is 0 Å². The van der Waals surface area contributed by atoms with E-state index in [1.165, 1.54) is 11.1 Å². The second-order valence-corrected chi connectivity index (χ2v) is 9.40. The molecule has 0 radical (unpaired) electrons. The first-order chi connectivity index (χ1) is 9.16. The second kappa shape index (κ2) is 5.41. The van der Waals surface area contributed by atoms with E-state index >= 15 is 0 Å². The molecule has 3 rings (SSSR count). The van der Waals surface area contributed by atoms with Gasteiger partial charge in [-0.3, -0.25) is 0 Å². The summed E-state index contributed by atoms with van der Waals surface area (Å²) in [6.07, 6.45) is 2.24. The highest BCUT2D eigenvalue weighted by atomic mass is 79.9. The van der Waals surface area contributed by atoms with Crippen LogP contribution in [0.15, 0.2) is 60.7 Å². The third-order valence-electron chi connectivity index (χ3n) is 3.98. The maximum absolute atomic E-state index is 3.83. The van der Waals surface area contributed by atoms with Crippen molar-refractivity contribution >= 4 is 31.9 Å². The summed E-state index contributed by atoms with van der Waals surface area (Å²) in [5, 5.41) is 0. The summed E-state index contributed by atoms with van der Waals surface area (Å²) in [6.45, 7) is 0. The Morgan fingerprint density at radius 2 is 1.05 bits per heavy atom. The molecule has 1 fully saturated rings. The molecule has 0 aromatic heterocycles. The molecule has 0 saturated heterocycles. The van der Waals surface area contributed by atoms with Gasteiger partial charge in [-0.05, 0) is 35.8 Å². The molecule has 0 amide bonds. The van der Waals surface area contributed by atoms with Crippen molar-refractivity contribution in [1.82, 2.24) is 0 Å². The lowest BCUT2D eigenvalue weighted by molar-refractivity contribution is 0.624. The van der Waals surface area contributed by atoms with E-state index in [-0.39, 0.29) is 3.23 Å². The fraction of sp³-hybridized carbons (Fsp3) is 0.294. The van der Waals surface area contributed by atoms with Crippen molar-refractivity contribution in [2.24, 2.45) is 0 Å². The first-order valence-electron chi connectivity index (χ1n) is 6.63. The van der Waals surface area contributed by atoms with Crippen molar-refractivity contribution in [3.63, 3.8) is 0 Å². The summed E-state index contributed by atoms with van der Waals surface area (Å²) in [6, 6.07) is 21.7. The van der Waals surface area contributed by atoms with Gasteiger partial charge in [0.25, 0.3) is 0 Å². The Labute approximate surface area is 131 Å². The molecule has 1 aliphatic carbocycles. The summed E-state index contributed by atoms with van der Waals surface area (Å²) >= 11 is 7.67. The Morgan fingerprint density at radius 1 is 0.684 bits per heavy atom. The van der Waals surface area contributed by atoms with Crippen LogP contribution in [-0.2, 0) is 0 Å². The minimum Gasteiger partial charge on any atom is -0.0727 e. The molecular weight excluding hydrogens is 364 g/mol. The van der Waals surface area contributed by atoms with Crippen molar-refractivity contribution in [2.45, 2.75) is 27.9 Å². The van der Waals surface area contributed by atoms with Gasteiger partial charge >= 0.3 is 0 Å². The van der Waals surface area contributed by atoms with E-state index in [0.717, 1.165) is 12.8 Å². The fourth-order valence-corrected chi connectivity index (χ4v) is 4.51. The number of hydrogen-bond donors (Lipinski definition) is 0. The highest BCUT2D eigenvalue weighted by molar-refractivity contribution is 9.25. The van der Waals surface area contributed by atoms with Crippen LogP contribution in [0.5, 0.6) is 0 Å². The first kappa shape index (κ1) is 13.4. The minimum atomic E-state index is 0.0705. The maximum Gasteiger partial charge on any atom is 0.0817 e. The van der Waals surface area contributed by atoms with Crippen LogP contribution >= 0.6 is 31.9 Å². The number of benzene rings is 2. The molecule has 0 bridgehead atoms. The van der Waals surface area contributed by atoms with E-state index in [1.54, 1.807) is 0 Å². The lowest BCUT2D eigenvalue weighted by atomic mass is 9.84. The van der Waals surface area contributed by atoms with Gasteiger partial charge in [0.05, 0.1) is 3.23 Å². The molecule has 2 aromatic rings. The Balaban J connectivity index is 1.97. The van der Waals surface area contributed by atoms with E-state index in [4.69, 9.17) is 0 Å². The van der Waals surface area contributed by atoms with Crippen molar-refractivity contribution in [3.8, 4) is 0 Å². The zero-order valence-corrected chi connectivity index (χ0v) is 13.8. The van der Waals surface area contributed by atoms with Crippen LogP contribution < -0.4 is 0 Å². The third-order valence-corrected chi connectivity index (χ3v) is 5.27. The Morgan fingerprint density at radius 3 is 1.42 bits per heavy atom. The molecule has 0 unspecified atom stereocenters. The van der Waals surface area contributed by atoms with E-state index in [1.807, 2.05) is 0 Å². The third kappa shape index (κ3) is 2.95. The zero-order valence-electron chi connectivity index (χ0n) is 10.6. The minimum absolute atomic E-state index is 0.0705. The van der Waals surface area contributed by atoms with Gasteiger partial charge in [0.1, 0.15) is 0 Å². The standard InChI is InChI=1S/C17H16Br2/c18-17(19)11-15(13-7-3-1-4-8-13)16(12-17)14-9-5-2-6-10-14/h1-10,15-16H,11-12H2/t15-,16+. The van der Waals surface area contributed by atoms with Crippen molar-refractivity contribution in [2.75, 3.05) is 0 Å². The molecule has 2 aromatic carbocycles. The quantitative estimate of drug-likeness (QED) is 0.575. The highest BCUT2D eigenvalue weighted by Crippen LogP contribution is 2.56. The average Bonchev–Trinajstić information content (AvgIpc) is 2.77. The number of alkyl halides is 2. The average molecular weight is 380 g/mol. The molecule has 2 atom stereocenters. The Hall–Kier alpha value is -0.600. The molecule has 0 N–H and O–H groups in total. The van der Waals surface area contributed by atoms with Gasteiger partial charge < -0.3 is 0 Å². The normalized spacial score (nSPS) is 25.4. The smallest absolute Gasteiger partial charge is 0.0727 e. The predicted octanol–water partition coefficient (Wildman–Crippen LogP) is 5.83. The lowest BCUT2D eigenvalue weighted by Gasteiger charge is -2.20. The van der Waals surface area contributed by atoms with Crippen LogP contribution in [0.1, 0.15) is 35.8 Å². The molecular formula is C17H16Br2. The van der Waals surface area contributed by atoms with Gasteiger partial charge in [-0.15, -0.1) is 0 Å². The highest BCUT2D eigenvalue weighted by Gasteiger charge is 2.43. The summed E-state index contributed by atoms with van der Waals surface area (Å²) in [5.74, 6) is 1.14. The molecule has 98 valence electrons. The number of halogens is 2.